The second-order valence-corrected chi connectivity index (χ2v) is 4.80. The molecule has 0 aliphatic rings. The molecule has 0 fully saturated rings. The Morgan fingerprint density at radius 2 is 2.00 bits per heavy atom. The summed E-state index contributed by atoms with van der Waals surface area (Å²) < 4.78 is 0. The van der Waals surface area contributed by atoms with Gasteiger partial charge >= 0.3 is 0 Å². The highest BCUT2D eigenvalue weighted by Crippen LogP contribution is 2.19. The maximum atomic E-state index is 11.8. The van der Waals surface area contributed by atoms with Gasteiger partial charge in [-0.15, -0.1) is 0 Å². The van der Waals surface area contributed by atoms with Gasteiger partial charge in [0.1, 0.15) is 0 Å². The second kappa shape index (κ2) is 7.76. The molecule has 0 spiro atoms. The molecule has 1 atom stereocenters. The van der Waals surface area contributed by atoms with Gasteiger partial charge in [0.15, 0.2) is 6.54 Å². The molecule has 1 aromatic rings. The van der Waals surface area contributed by atoms with Crippen LogP contribution < -0.4 is 15.5 Å². The highest BCUT2D eigenvalue weighted by molar-refractivity contribution is 6.33. The van der Waals surface area contributed by atoms with Crippen molar-refractivity contribution < 1.29 is 14.5 Å². The lowest BCUT2D eigenvalue weighted by molar-refractivity contribution is -0.869. The Bertz CT molecular complexity index is 451. The zero-order chi connectivity index (χ0) is 14.3. The number of benzene rings is 1. The molecule has 19 heavy (non-hydrogen) atoms. The molecule has 104 valence electrons. The van der Waals surface area contributed by atoms with Crippen LogP contribution in [0.4, 0.5) is 5.69 Å². The first kappa shape index (κ1) is 15.5. The Morgan fingerprint density at radius 3 is 2.63 bits per heavy atom. The maximum absolute atomic E-state index is 11.8. The SMILES string of the molecule is CC(=O)NCC[NH+](C)CC(=O)Nc1ccccc1Cl. The van der Waals surface area contributed by atoms with Crippen LogP contribution in [0, 0.1) is 0 Å². The molecule has 2 amide bonds. The minimum absolute atomic E-state index is 0.0617. The van der Waals surface area contributed by atoms with Gasteiger partial charge in [-0.1, -0.05) is 23.7 Å². The first-order valence-electron chi connectivity index (χ1n) is 6.09. The average Bonchev–Trinajstić information content (AvgIpc) is 2.31. The van der Waals surface area contributed by atoms with Crippen LogP contribution in [0.3, 0.4) is 0 Å². The Balaban J connectivity index is 2.35. The van der Waals surface area contributed by atoms with Crippen molar-refractivity contribution in [2.45, 2.75) is 6.92 Å². The van der Waals surface area contributed by atoms with Gasteiger partial charge in [0.05, 0.1) is 30.8 Å². The number of nitrogens with one attached hydrogen (secondary N) is 3. The van der Waals surface area contributed by atoms with Gasteiger partial charge in [-0.25, -0.2) is 0 Å². The van der Waals surface area contributed by atoms with Crippen LogP contribution in [0.1, 0.15) is 6.92 Å². The van der Waals surface area contributed by atoms with E-state index >= 15 is 0 Å². The highest BCUT2D eigenvalue weighted by Gasteiger charge is 2.11. The molecule has 0 aliphatic heterocycles. The van der Waals surface area contributed by atoms with Gasteiger partial charge in [0.25, 0.3) is 5.91 Å². The number of carbonyl (C=O) groups excluding carboxylic acids is 2. The predicted molar refractivity (Wildman–Crippen MR) is 75.4 cm³/mol. The van der Waals surface area contributed by atoms with E-state index in [0.717, 1.165) is 4.90 Å². The lowest BCUT2D eigenvalue weighted by Gasteiger charge is -2.14. The Kier molecular flexibility index (Phi) is 6.32. The number of rotatable bonds is 6. The largest absolute Gasteiger partial charge is 0.351 e. The fraction of sp³-hybridized carbons (Fsp3) is 0.385. The molecule has 1 rings (SSSR count). The normalized spacial score (nSPS) is 11.7. The zero-order valence-corrected chi connectivity index (χ0v) is 11.9. The monoisotopic (exact) mass is 284 g/mol. The number of hydrogen-bond acceptors (Lipinski definition) is 2. The van der Waals surface area contributed by atoms with Gasteiger partial charge in [-0.05, 0) is 12.1 Å². The summed E-state index contributed by atoms with van der Waals surface area (Å²) >= 11 is 5.95. The van der Waals surface area contributed by atoms with E-state index < -0.39 is 0 Å². The summed E-state index contributed by atoms with van der Waals surface area (Å²) in [5.41, 5.74) is 0.615. The third-order valence-electron chi connectivity index (χ3n) is 2.54. The fourth-order valence-corrected chi connectivity index (χ4v) is 1.75. The first-order valence-corrected chi connectivity index (χ1v) is 6.47. The number of anilines is 1. The van der Waals surface area contributed by atoms with Crippen molar-refractivity contribution in [3.8, 4) is 0 Å². The number of halogens is 1. The molecule has 0 aliphatic carbocycles. The van der Waals surface area contributed by atoms with E-state index in [1.165, 1.54) is 6.92 Å². The van der Waals surface area contributed by atoms with Crippen LogP contribution in [0.15, 0.2) is 24.3 Å². The molecule has 0 bridgehead atoms. The Labute approximate surface area is 117 Å². The average molecular weight is 285 g/mol. The Morgan fingerprint density at radius 1 is 1.32 bits per heavy atom. The summed E-state index contributed by atoms with van der Waals surface area (Å²) in [5.74, 6) is -0.165. The lowest BCUT2D eigenvalue weighted by Crippen LogP contribution is -3.10. The van der Waals surface area contributed by atoms with Crippen LogP contribution >= 0.6 is 11.6 Å². The quantitative estimate of drug-likeness (QED) is 0.685. The van der Waals surface area contributed by atoms with E-state index in [0.29, 0.717) is 30.3 Å². The van der Waals surface area contributed by atoms with Gasteiger partial charge in [-0.3, -0.25) is 9.59 Å². The highest BCUT2D eigenvalue weighted by atomic mass is 35.5. The smallest absolute Gasteiger partial charge is 0.279 e. The van der Waals surface area contributed by atoms with Crippen LogP contribution in [0.5, 0.6) is 0 Å². The fourth-order valence-electron chi connectivity index (χ4n) is 1.57. The van der Waals surface area contributed by atoms with E-state index in [1.54, 1.807) is 12.1 Å². The molecule has 1 unspecified atom stereocenters. The van der Waals surface area contributed by atoms with Gasteiger partial charge in [-0.2, -0.15) is 0 Å². The van der Waals surface area contributed by atoms with Gasteiger partial charge in [0, 0.05) is 6.92 Å². The third-order valence-corrected chi connectivity index (χ3v) is 2.87. The standard InChI is InChI=1S/C13H18ClN3O2/c1-10(18)15-7-8-17(2)9-13(19)16-12-6-4-3-5-11(12)14/h3-6H,7-9H2,1-2H3,(H,15,18)(H,16,19)/p+1. The van der Waals surface area contributed by atoms with E-state index in [4.69, 9.17) is 11.6 Å². The second-order valence-electron chi connectivity index (χ2n) is 4.39. The molecule has 0 radical (unpaired) electrons. The van der Waals surface area contributed by atoms with E-state index in [-0.39, 0.29) is 11.8 Å². The van der Waals surface area contributed by atoms with Gasteiger partial charge < -0.3 is 15.5 Å². The van der Waals surface area contributed by atoms with Crippen molar-refractivity contribution in [2.24, 2.45) is 0 Å². The van der Waals surface area contributed by atoms with Crippen LogP contribution in [-0.4, -0.2) is 38.5 Å². The molecule has 0 saturated heterocycles. The number of hydrogen-bond donors (Lipinski definition) is 3. The van der Waals surface area contributed by atoms with Crippen LogP contribution in [0.2, 0.25) is 5.02 Å². The molecule has 0 saturated carbocycles. The van der Waals surface area contributed by atoms with Crippen LogP contribution in [-0.2, 0) is 9.59 Å². The molecule has 0 heterocycles. The maximum Gasteiger partial charge on any atom is 0.279 e. The van der Waals surface area contributed by atoms with Crippen molar-refractivity contribution in [1.29, 1.82) is 0 Å². The number of para-hydroxylation sites is 1. The summed E-state index contributed by atoms with van der Waals surface area (Å²) in [5, 5.41) is 5.98. The minimum Gasteiger partial charge on any atom is -0.351 e. The summed E-state index contributed by atoms with van der Waals surface area (Å²) in [7, 11) is 1.90. The summed E-state index contributed by atoms with van der Waals surface area (Å²) in [4.78, 5) is 23.5. The Hall–Kier alpha value is -1.59. The predicted octanol–water partition coefficient (Wildman–Crippen LogP) is -0.0707. The van der Waals surface area contributed by atoms with Crippen molar-refractivity contribution in [3.05, 3.63) is 29.3 Å². The van der Waals surface area contributed by atoms with Gasteiger partial charge in [0.2, 0.25) is 5.91 Å². The number of quaternary nitrogens is 1. The van der Waals surface area contributed by atoms with Crippen LogP contribution in [0.25, 0.3) is 0 Å². The number of amides is 2. The van der Waals surface area contributed by atoms with Crippen molar-refractivity contribution >= 4 is 29.1 Å². The molecule has 5 nitrogen and oxygen atoms in total. The van der Waals surface area contributed by atoms with Crippen molar-refractivity contribution in [3.63, 3.8) is 0 Å². The molecular weight excluding hydrogens is 266 g/mol. The number of likely N-dealkylation sites (N-methyl/N-ethyl adjacent to an activating group) is 1. The molecule has 3 N–H and O–H groups in total. The third kappa shape index (κ3) is 6.22. The van der Waals surface area contributed by atoms with E-state index in [1.807, 2.05) is 19.2 Å². The summed E-state index contributed by atoms with van der Waals surface area (Å²) in [6.45, 7) is 3.04. The zero-order valence-electron chi connectivity index (χ0n) is 11.1. The van der Waals surface area contributed by atoms with Crippen molar-refractivity contribution in [2.75, 3.05) is 32.0 Å². The van der Waals surface area contributed by atoms with E-state index in [2.05, 4.69) is 10.6 Å². The summed E-state index contributed by atoms with van der Waals surface area (Å²) in [6.07, 6.45) is 0. The molecule has 0 aromatic heterocycles. The number of carbonyl (C=O) groups is 2. The van der Waals surface area contributed by atoms with Crippen molar-refractivity contribution in [1.82, 2.24) is 5.32 Å². The van der Waals surface area contributed by atoms with E-state index in [9.17, 15) is 9.59 Å². The molecular formula is C13H19ClN3O2+. The topological polar surface area (TPSA) is 62.6 Å². The lowest BCUT2D eigenvalue weighted by atomic mass is 10.3. The minimum atomic E-state index is -0.103. The summed E-state index contributed by atoms with van der Waals surface area (Å²) in [6, 6.07) is 7.11. The first-order chi connectivity index (χ1) is 8.99. The molecule has 6 heteroatoms. The molecule has 1 aromatic carbocycles.